The summed E-state index contributed by atoms with van der Waals surface area (Å²) in [6.45, 7) is 2.43. The van der Waals surface area contributed by atoms with Gasteiger partial charge >= 0.3 is 0 Å². The Morgan fingerprint density at radius 1 is 1.28 bits per heavy atom. The Labute approximate surface area is 128 Å². The van der Waals surface area contributed by atoms with Gasteiger partial charge in [-0.2, -0.15) is 11.8 Å². The first-order valence-electron chi connectivity index (χ1n) is 5.63. The Hall–Kier alpha value is -0.500. The zero-order valence-electron chi connectivity index (χ0n) is 10.0. The molecule has 0 bridgehead atoms. The summed E-state index contributed by atoms with van der Waals surface area (Å²) >= 11 is 1.94. The van der Waals surface area contributed by atoms with Crippen LogP contribution in [0.3, 0.4) is 0 Å². The van der Waals surface area contributed by atoms with E-state index in [-0.39, 0.29) is 29.8 Å². The lowest BCUT2D eigenvalue weighted by molar-refractivity contribution is 0.455. The second-order valence-corrected chi connectivity index (χ2v) is 5.13. The molecule has 0 unspecified atom stereocenters. The van der Waals surface area contributed by atoms with E-state index in [1.807, 2.05) is 11.8 Å². The first-order valence-corrected chi connectivity index (χ1v) is 6.78. The van der Waals surface area contributed by atoms with E-state index in [0.29, 0.717) is 12.5 Å². The van der Waals surface area contributed by atoms with Gasteiger partial charge in [0, 0.05) is 24.6 Å². The predicted molar refractivity (Wildman–Crippen MR) is 86.0 cm³/mol. The van der Waals surface area contributed by atoms with Gasteiger partial charge in [0.25, 0.3) is 0 Å². The number of benzene rings is 1. The minimum absolute atomic E-state index is 0. The first-order chi connectivity index (χ1) is 8.25. The third-order valence-electron chi connectivity index (χ3n) is 2.67. The normalized spacial score (nSPS) is 16.3. The molecule has 0 amide bonds. The summed E-state index contributed by atoms with van der Waals surface area (Å²) < 4.78 is 12.7. The van der Waals surface area contributed by atoms with Crippen LogP contribution in [0.15, 0.2) is 29.3 Å². The highest BCUT2D eigenvalue weighted by Crippen LogP contribution is 2.09. The molecule has 0 saturated carbocycles. The molecule has 1 saturated heterocycles. The van der Waals surface area contributed by atoms with Crippen molar-refractivity contribution in [3.8, 4) is 0 Å². The predicted octanol–water partition coefficient (Wildman–Crippen LogP) is 2.31. The third-order valence-corrected chi connectivity index (χ3v) is 3.61. The fourth-order valence-electron chi connectivity index (χ4n) is 1.65. The summed E-state index contributed by atoms with van der Waals surface area (Å²) in [6, 6.07) is 6.35. The second kappa shape index (κ2) is 7.83. The number of hydrogen-bond acceptors (Lipinski definition) is 2. The SMILES string of the molecule is I.NC(=NCc1ccc(F)cc1)N1CCSCC1. The highest BCUT2D eigenvalue weighted by Gasteiger charge is 2.11. The molecule has 1 fully saturated rings. The average molecular weight is 381 g/mol. The summed E-state index contributed by atoms with van der Waals surface area (Å²) in [5.74, 6) is 2.58. The van der Waals surface area contributed by atoms with Crippen LogP contribution in [0.1, 0.15) is 5.56 Å². The summed E-state index contributed by atoms with van der Waals surface area (Å²) in [4.78, 5) is 6.43. The van der Waals surface area contributed by atoms with Crippen LogP contribution in [-0.4, -0.2) is 35.5 Å². The maximum atomic E-state index is 12.7. The van der Waals surface area contributed by atoms with Crippen molar-refractivity contribution in [2.24, 2.45) is 10.7 Å². The molecule has 6 heteroatoms. The number of nitrogens with zero attached hydrogens (tertiary/aromatic N) is 2. The standard InChI is InChI=1S/C12H16FN3S.HI/c13-11-3-1-10(2-4-11)9-15-12(14)16-5-7-17-8-6-16;/h1-4H,5-9H2,(H2,14,15);1H. The molecule has 3 nitrogen and oxygen atoms in total. The number of thioether (sulfide) groups is 1. The van der Waals surface area contributed by atoms with Gasteiger partial charge in [0.1, 0.15) is 5.82 Å². The second-order valence-electron chi connectivity index (χ2n) is 3.90. The smallest absolute Gasteiger partial charge is 0.191 e. The summed E-state index contributed by atoms with van der Waals surface area (Å²) in [6.07, 6.45) is 0. The van der Waals surface area contributed by atoms with Crippen LogP contribution in [0.2, 0.25) is 0 Å². The minimum atomic E-state index is -0.223. The van der Waals surface area contributed by atoms with Crippen LogP contribution >= 0.6 is 35.7 Å². The van der Waals surface area contributed by atoms with Crippen LogP contribution in [0.4, 0.5) is 4.39 Å². The summed E-state index contributed by atoms with van der Waals surface area (Å²) in [5, 5.41) is 0. The molecule has 1 aromatic rings. The van der Waals surface area contributed by atoms with Crippen molar-refractivity contribution in [3.05, 3.63) is 35.6 Å². The van der Waals surface area contributed by atoms with E-state index in [1.165, 1.54) is 12.1 Å². The number of rotatable bonds is 2. The zero-order chi connectivity index (χ0) is 12.1. The molecule has 0 aromatic heterocycles. The van der Waals surface area contributed by atoms with Crippen molar-refractivity contribution in [3.63, 3.8) is 0 Å². The maximum Gasteiger partial charge on any atom is 0.191 e. The highest BCUT2D eigenvalue weighted by molar-refractivity contribution is 14.0. The molecular formula is C12H17FIN3S. The van der Waals surface area contributed by atoms with Gasteiger partial charge in [0.15, 0.2) is 5.96 Å². The van der Waals surface area contributed by atoms with E-state index in [9.17, 15) is 4.39 Å². The lowest BCUT2D eigenvalue weighted by atomic mass is 10.2. The molecule has 18 heavy (non-hydrogen) atoms. The average Bonchev–Trinajstić information content (AvgIpc) is 2.39. The molecule has 1 aliphatic rings. The lowest BCUT2D eigenvalue weighted by Gasteiger charge is -2.27. The fourth-order valence-corrected chi connectivity index (χ4v) is 2.56. The van der Waals surface area contributed by atoms with E-state index < -0.39 is 0 Å². The quantitative estimate of drug-likeness (QED) is 0.486. The monoisotopic (exact) mass is 381 g/mol. The first kappa shape index (κ1) is 15.6. The van der Waals surface area contributed by atoms with Crippen LogP contribution < -0.4 is 5.73 Å². The van der Waals surface area contributed by atoms with Crippen LogP contribution in [-0.2, 0) is 6.54 Å². The number of halogens is 2. The summed E-state index contributed by atoms with van der Waals surface area (Å²) in [7, 11) is 0. The van der Waals surface area contributed by atoms with Crippen LogP contribution in [0.5, 0.6) is 0 Å². The molecular weight excluding hydrogens is 364 g/mol. The Morgan fingerprint density at radius 2 is 1.89 bits per heavy atom. The van der Waals surface area contributed by atoms with E-state index in [2.05, 4.69) is 9.89 Å². The zero-order valence-corrected chi connectivity index (χ0v) is 13.2. The van der Waals surface area contributed by atoms with Gasteiger partial charge in [-0.3, -0.25) is 0 Å². The molecule has 100 valence electrons. The van der Waals surface area contributed by atoms with Gasteiger partial charge in [-0.1, -0.05) is 12.1 Å². The number of guanidine groups is 1. The van der Waals surface area contributed by atoms with E-state index in [0.717, 1.165) is 30.2 Å². The molecule has 2 N–H and O–H groups in total. The molecule has 1 heterocycles. The molecule has 0 atom stereocenters. The highest BCUT2D eigenvalue weighted by atomic mass is 127. The largest absolute Gasteiger partial charge is 0.370 e. The third kappa shape index (κ3) is 4.64. The molecule has 1 aromatic carbocycles. The van der Waals surface area contributed by atoms with Crippen molar-refractivity contribution in [1.29, 1.82) is 0 Å². The Bertz CT molecular complexity index is 391. The van der Waals surface area contributed by atoms with Crippen LogP contribution in [0, 0.1) is 5.82 Å². The number of nitrogens with two attached hydrogens (primary N) is 1. The minimum Gasteiger partial charge on any atom is -0.370 e. The van der Waals surface area contributed by atoms with Crippen molar-refractivity contribution in [2.75, 3.05) is 24.6 Å². The summed E-state index contributed by atoms with van der Waals surface area (Å²) in [5.41, 5.74) is 6.89. The maximum absolute atomic E-state index is 12.7. The molecule has 0 spiro atoms. The van der Waals surface area contributed by atoms with Crippen molar-refractivity contribution < 1.29 is 4.39 Å². The van der Waals surface area contributed by atoms with Gasteiger partial charge in [-0.15, -0.1) is 24.0 Å². The molecule has 2 rings (SSSR count). The van der Waals surface area contributed by atoms with Crippen molar-refractivity contribution >= 4 is 41.7 Å². The van der Waals surface area contributed by atoms with E-state index in [1.54, 1.807) is 12.1 Å². The van der Waals surface area contributed by atoms with E-state index >= 15 is 0 Å². The van der Waals surface area contributed by atoms with Crippen molar-refractivity contribution in [1.82, 2.24) is 4.90 Å². The van der Waals surface area contributed by atoms with Gasteiger partial charge in [0.2, 0.25) is 0 Å². The van der Waals surface area contributed by atoms with Gasteiger partial charge < -0.3 is 10.6 Å². The van der Waals surface area contributed by atoms with Crippen molar-refractivity contribution in [2.45, 2.75) is 6.54 Å². The van der Waals surface area contributed by atoms with Gasteiger partial charge in [-0.05, 0) is 17.7 Å². The topological polar surface area (TPSA) is 41.6 Å². The molecule has 0 aliphatic carbocycles. The molecule has 0 radical (unpaired) electrons. The number of hydrogen-bond donors (Lipinski definition) is 1. The van der Waals surface area contributed by atoms with Gasteiger partial charge in [0.05, 0.1) is 6.54 Å². The van der Waals surface area contributed by atoms with Crippen LogP contribution in [0.25, 0.3) is 0 Å². The lowest BCUT2D eigenvalue weighted by Crippen LogP contribution is -2.42. The van der Waals surface area contributed by atoms with E-state index in [4.69, 9.17) is 5.73 Å². The fraction of sp³-hybridized carbons (Fsp3) is 0.417. The Kier molecular flexibility index (Phi) is 6.77. The Balaban J connectivity index is 0.00000162. The molecule has 1 aliphatic heterocycles. The number of aliphatic imine (C=N–C) groups is 1. The Morgan fingerprint density at radius 3 is 2.50 bits per heavy atom. The van der Waals surface area contributed by atoms with Gasteiger partial charge in [-0.25, -0.2) is 9.38 Å².